The van der Waals surface area contributed by atoms with Gasteiger partial charge in [-0.05, 0) is 19.4 Å². The lowest BCUT2D eigenvalue weighted by atomic mass is 10.2. The van der Waals surface area contributed by atoms with Crippen LogP contribution in [0.4, 0.5) is 4.79 Å². The zero-order chi connectivity index (χ0) is 13.9. The third-order valence-electron chi connectivity index (χ3n) is 3.33. The Labute approximate surface area is 113 Å². The van der Waals surface area contributed by atoms with Gasteiger partial charge in [0.2, 0.25) is 0 Å². The Bertz CT molecular complexity index is 434. The fourth-order valence-corrected chi connectivity index (χ4v) is 2.40. The third-order valence-corrected chi connectivity index (χ3v) is 3.33. The van der Waals surface area contributed by atoms with Crippen molar-refractivity contribution < 1.29 is 14.6 Å². The fraction of sp³-hybridized carbons (Fsp3) is 0.500. The normalized spacial score (nSPS) is 21.6. The van der Waals surface area contributed by atoms with Gasteiger partial charge in [-0.25, -0.2) is 4.79 Å². The number of hydrogen-bond donors (Lipinski definition) is 2. The molecular formula is C14H20N2O3. The zero-order valence-corrected chi connectivity index (χ0v) is 11.3. The van der Waals surface area contributed by atoms with Crippen molar-refractivity contribution in [2.24, 2.45) is 0 Å². The topological polar surface area (TPSA) is 61.8 Å². The number of carboxylic acid groups (broad SMARTS) is 1. The van der Waals surface area contributed by atoms with Gasteiger partial charge in [-0.1, -0.05) is 30.3 Å². The Kier molecular flexibility index (Phi) is 4.07. The molecule has 1 aliphatic rings. The molecular weight excluding hydrogens is 244 g/mol. The number of benzene rings is 1. The zero-order valence-electron chi connectivity index (χ0n) is 11.3. The van der Waals surface area contributed by atoms with Crippen LogP contribution in [0.25, 0.3) is 0 Å². The Morgan fingerprint density at radius 2 is 2.16 bits per heavy atom. The summed E-state index contributed by atoms with van der Waals surface area (Å²) in [6.07, 6.45) is -0.936. The highest BCUT2D eigenvalue weighted by molar-refractivity contribution is 5.66. The van der Waals surface area contributed by atoms with E-state index in [0.717, 1.165) is 6.54 Å². The molecule has 1 unspecified atom stereocenters. The highest BCUT2D eigenvalue weighted by atomic mass is 16.5. The first-order valence-corrected chi connectivity index (χ1v) is 6.41. The smallest absolute Gasteiger partial charge is 0.409 e. The number of nitrogens with one attached hydrogen (secondary N) is 1. The van der Waals surface area contributed by atoms with Crippen molar-refractivity contribution in [3.05, 3.63) is 35.9 Å². The van der Waals surface area contributed by atoms with Crippen molar-refractivity contribution in [2.45, 2.75) is 32.2 Å². The summed E-state index contributed by atoms with van der Waals surface area (Å²) in [7, 11) is 0. The van der Waals surface area contributed by atoms with Crippen LogP contribution < -0.4 is 5.32 Å². The molecule has 104 valence electrons. The van der Waals surface area contributed by atoms with Crippen molar-refractivity contribution in [3.8, 4) is 0 Å². The number of rotatable bonds is 4. The van der Waals surface area contributed by atoms with E-state index in [2.05, 4.69) is 5.32 Å². The average molecular weight is 264 g/mol. The maximum atomic E-state index is 11.3. The maximum Gasteiger partial charge on any atom is 0.409 e. The number of hydrogen-bond acceptors (Lipinski definition) is 3. The van der Waals surface area contributed by atoms with Crippen LogP contribution in [0, 0.1) is 0 Å². The first kappa shape index (κ1) is 13.8. The van der Waals surface area contributed by atoms with Crippen LogP contribution in [0.1, 0.15) is 19.4 Å². The lowest BCUT2D eigenvalue weighted by molar-refractivity contribution is -0.0419. The predicted molar refractivity (Wildman–Crippen MR) is 71.8 cm³/mol. The predicted octanol–water partition coefficient (Wildman–Crippen LogP) is 1.89. The first-order chi connectivity index (χ1) is 9.00. The minimum absolute atomic E-state index is 0.142. The standard InChI is InChI=1S/C14H20N2O3/c1-14(2)16(13(17)18)12(10-19-14)9-15-8-11-6-4-3-5-7-11/h3-7,12,15H,8-10H2,1-2H3,(H,17,18). The molecule has 0 aromatic heterocycles. The fourth-order valence-electron chi connectivity index (χ4n) is 2.40. The van der Waals surface area contributed by atoms with Gasteiger partial charge < -0.3 is 15.2 Å². The van der Waals surface area contributed by atoms with Gasteiger partial charge in [-0.2, -0.15) is 0 Å². The molecule has 1 fully saturated rings. The SMILES string of the molecule is CC1(C)OCC(CNCc2ccccc2)N1C(=O)O. The van der Waals surface area contributed by atoms with Crippen molar-refractivity contribution in [3.63, 3.8) is 0 Å². The Hall–Kier alpha value is -1.59. The highest BCUT2D eigenvalue weighted by Gasteiger charge is 2.43. The largest absolute Gasteiger partial charge is 0.465 e. The van der Waals surface area contributed by atoms with E-state index in [9.17, 15) is 9.90 Å². The van der Waals surface area contributed by atoms with Crippen LogP contribution in [-0.4, -0.2) is 41.0 Å². The quantitative estimate of drug-likeness (QED) is 0.871. The molecule has 2 N–H and O–H groups in total. The summed E-state index contributed by atoms with van der Waals surface area (Å²) in [6.45, 7) is 5.30. The van der Waals surface area contributed by atoms with Gasteiger partial charge in [-0.15, -0.1) is 0 Å². The van der Waals surface area contributed by atoms with Crippen LogP contribution in [0.5, 0.6) is 0 Å². The van der Waals surface area contributed by atoms with Gasteiger partial charge >= 0.3 is 6.09 Å². The maximum absolute atomic E-state index is 11.3. The van der Waals surface area contributed by atoms with Crippen molar-refractivity contribution in [1.29, 1.82) is 0 Å². The van der Waals surface area contributed by atoms with Gasteiger partial charge in [0.1, 0.15) is 5.72 Å². The molecule has 0 saturated carbocycles. The van der Waals surface area contributed by atoms with E-state index in [4.69, 9.17) is 4.74 Å². The number of amides is 1. The number of nitrogens with zero attached hydrogens (tertiary/aromatic N) is 1. The molecule has 1 aromatic carbocycles. The van der Waals surface area contributed by atoms with Gasteiger partial charge in [0, 0.05) is 13.1 Å². The van der Waals surface area contributed by atoms with E-state index in [1.165, 1.54) is 10.5 Å². The molecule has 1 amide bonds. The van der Waals surface area contributed by atoms with E-state index in [0.29, 0.717) is 13.2 Å². The average Bonchev–Trinajstić information content (AvgIpc) is 2.66. The van der Waals surface area contributed by atoms with Gasteiger partial charge in [0.15, 0.2) is 0 Å². The molecule has 0 bridgehead atoms. The molecule has 1 saturated heterocycles. The molecule has 0 radical (unpaired) electrons. The molecule has 19 heavy (non-hydrogen) atoms. The summed E-state index contributed by atoms with van der Waals surface area (Å²) in [4.78, 5) is 12.7. The third kappa shape index (κ3) is 3.24. The summed E-state index contributed by atoms with van der Waals surface area (Å²) in [5, 5.41) is 12.5. The summed E-state index contributed by atoms with van der Waals surface area (Å²) in [6, 6.07) is 9.89. The van der Waals surface area contributed by atoms with Crippen LogP contribution in [0.2, 0.25) is 0 Å². The molecule has 1 aromatic rings. The molecule has 2 rings (SSSR count). The number of ether oxygens (including phenoxy) is 1. The highest BCUT2D eigenvalue weighted by Crippen LogP contribution is 2.26. The summed E-state index contributed by atoms with van der Waals surface area (Å²) in [5.41, 5.74) is 0.438. The summed E-state index contributed by atoms with van der Waals surface area (Å²) < 4.78 is 5.53. The molecule has 5 nitrogen and oxygen atoms in total. The minimum Gasteiger partial charge on any atom is -0.465 e. The molecule has 1 heterocycles. The van der Waals surface area contributed by atoms with Crippen LogP contribution in [0.15, 0.2) is 30.3 Å². The molecule has 0 spiro atoms. The molecule has 1 aliphatic heterocycles. The van der Waals surface area contributed by atoms with Crippen LogP contribution >= 0.6 is 0 Å². The summed E-state index contributed by atoms with van der Waals surface area (Å²) >= 11 is 0. The Balaban J connectivity index is 1.88. The second kappa shape index (κ2) is 5.59. The van der Waals surface area contributed by atoms with Gasteiger partial charge in [0.05, 0.1) is 12.6 Å². The van der Waals surface area contributed by atoms with Gasteiger partial charge in [-0.3, -0.25) is 4.90 Å². The van der Waals surface area contributed by atoms with E-state index in [1.54, 1.807) is 13.8 Å². The van der Waals surface area contributed by atoms with E-state index in [1.807, 2.05) is 30.3 Å². The minimum atomic E-state index is -0.936. The second-order valence-corrected chi connectivity index (χ2v) is 5.18. The second-order valence-electron chi connectivity index (χ2n) is 5.18. The lowest BCUT2D eigenvalue weighted by Gasteiger charge is -2.31. The van der Waals surface area contributed by atoms with E-state index >= 15 is 0 Å². The van der Waals surface area contributed by atoms with Crippen molar-refractivity contribution in [1.82, 2.24) is 10.2 Å². The van der Waals surface area contributed by atoms with Crippen LogP contribution in [-0.2, 0) is 11.3 Å². The molecule has 5 heteroatoms. The van der Waals surface area contributed by atoms with Crippen LogP contribution in [0.3, 0.4) is 0 Å². The molecule has 0 aliphatic carbocycles. The monoisotopic (exact) mass is 264 g/mol. The lowest BCUT2D eigenvalue weighted by Crippen LogP contribution is -2.50. The summed E-state index contributed by atoms with van der Waals surface area (Å²) in [5.74, 6) is 0. The van der Waals surface area contributed by atoms with E-state index in [-0.39, 0.29) is 6.04 Å². The number of carbonyl (C=O) groups is 1. The van der Waals surface area contributed by atoms with Gasteiger partial charge in [0.25, 0.3) is 0 Å². The Morgan fingerprint density at radius 1 is 1.47 bits per heavy atom. The molecule has 1 atom stereocenters. The Morgan fingerprint density at radius 3 is 2.79 bits per heavy atom. The van der Waals surface area contributed by atoms with Crippen molar-refractivity contribution in [2.75, 3.05) is 13.2 Å². The van der Waals surface area contributed by atoms with Crippen molar-refractivity contribution >= 4 is 6.09 Å². The van der Waals surface area contributed by atoms with E-state index < -0.39 is 11.8 Å². The first-order valence-electron chi connectivity index (χ1n) is 6.41.